The summed E-state index contributed by atoms with van der Waals surface area (Å²) in [5.41, 5.74) is 1.59. The molecule has 0 spiro atoms. The summed E-state index contributed by atoms with van der Waals surface area (Å²) in [5, 5.41) is 9.30. The number of amides is 1. The molecular weight excluding hydrogens is 392 g/mol. The van der Waals surface area contributed by atoms with Crippen molar-refractivity contribution in [2.45, 2.75) is 11.9 Å². The molecule has 1 aromatic heterocycles. The van der Waals surface area contributed by atoms with E-state index in [9.17, 15) is 13.2 Å². The number of anilines is 1. The number of ether oxygens (including phenoxy) is 1. The molecule has 144 valence electrons. The Hall–Kier alpha value is -2.21. The van der Waals surface area contributed by atoms with Crippen molar-refractivity contribution in [1.29, 1.82) is 0 Å². The van der Waals surface area contributed by atoms with Crippen molar-refractivity contribution in [2.24, 2.45) is 0 Å². The van der Waals surface area contributed by atoms with Crippen molar-refractivity contribution in [3.63, 3.8) is 0 Å². The van der Waals surface area contributed by atoms with Gasteiger partial charge in [0.1, 0.15) is 10.6 Å². The van der Waals surface area contributed by atoms with Gasteiger partial charge in [0, 0.05) is 32.6 Å². The molecule has 0 saturated carbocycles. The Morgan fingerprint density at radius 1 is 1.26 bits per heavy atom. The number of aromatic nitrogens is 1. The quantitative estimate of drug-likeness (QED) is 0.563. The molecule has 2 N–H and O–H groups in total. The lowest BCUT2D eigenvalue weighted by Gasteiger charge is -2.34. The number of nitrogens with zero attached hydrogens (tertiary/aromatic N) is 3. The van der Waals surface area contributed by atoms with Crippen molar-refractivity contribution in [1.82, 2.24) is 14.8 Å². The molecule has 1 aromatic carbocycles. The Kier molecular flexibility index (Phi) is 4.76. The molecule has 1 unspecified atom stereocenters. The first-order valence-electron chi connectivity index (χ1n) is 8.38. The maximum absolute atomic E-state index is 12.9. The summed E-state index contributed by atoms with van der Waals surface area (Å²) in [4.78, 5) is 17.8. The molecule has 2 aliphatic rings. The van der Waals surface area contributed by atoms with Crippen LogP contribution in [0.25, 0.3) is 0 Å². The van der Waals surface area contributed by atoms with Crippen LogP contribution in [0, 0.1) is 0 Å². The Bertz CT molecular complexity index is 928. The van der Waals surface area contributed by atoms with Gasteiger partial charge in [-0.25, -0.2) is 18.9 Å². The second kappa shape index (κ2) is 7.08. The number of hydrogen-bond acceptors (Lipinski definition) is 8. The van der Waals surface area contributed by atoms with Gasteiger partial charge < -0.3 is 9.64 Å². The van der Waals surface area contributed by atoms with E-state index in [2.05, 4.69) is 4.98 Å². The normalized spacial score (nSPS) is 20.2. The van der Waals surface area contributed by atoms with Gasteiger partial charge in [-0.15, -0.1) is 0 Å². The molecule has 11 heteroatoms. The van der Waals surface area contributed by atoms with E-state index >= 15 is 0 Å². The number of rotatable bonds is 4. The maximum Gasteiger partial charge on any atom is 0.286 e. The summed E-state index contributed by atoms with van der Waals surface area (Å²) in [6.07, 6.45) is 1.74. The summed E-state index contributed by atoms with van der Waals surface area (Å²) >= 11 is 1.15. The van der Waals surface area contributed by atoms with Gasteiger partial charge in [0.2, 0.25) is 5.44 Å². The van der Waals surface area contributed by atoms with E-state index in [1.54, 1.807) is 11.5 Å². The molecule has 0 bridgehead atoms. The Morgan fingerprint density at radius 3 is 2.70 bits per heavy atom. The van der Waals surface area contributed by atoms with Crippen LogP contribution in [0.15, 0.2) is 30.5 Å². The molecule has 1 atom stereocenters. The van der Waals surface area contributed by atoms with Crippen molar-refractivity contribution < 1.29 is 23.2 Å². The lowest BCUT2D eigenvalue weighted by atomic mass is 10.2. The number of carbonyl (C=O) groups is 1. The van der Waals surface area contributed by atoms with E-state index in [0.29, 0.717) is 48.4 Å². The van der Waals surface area contributed by atoms with Gasteiger partial charge in [-0.3, -0.25) is 10.0 Å². The Morgan fingerprint density at radius 2 is 2.00 bits per heavy atom. The smallest absolute Gasteiger partial charge is 0.286 e. The largest absolute Gasteiger partial charge is 0.472 e. The topological polar surface area (TPSA) is 112 Å². The zero-order chi connectivity index (χ0) is 19.0. The van der Waals surface area contributed by atoms with Gasteiger partial charge in [0.05, 0.1) is 6.20 Å². The monoisotopic (exact) mass is 410 g/mol. The first kappa shape index (κ1) is 18.2. The highest BCUT2D eigenvalue weighted by molar-refractivity contribution is 7.89. The van der Waals surface area contributed by atoms with Gasteiger partial charge in [-0.05, 0) is 11.6 Å². The number of sulfonamides is 1. The minimum atomic E-state index is -3.58. The average molecular weight is 410 g/mol. The fourth-order valence-corrected chi connectivity index (χ4v) is 5.67. The Balaban J connectivity index is 1.40. The molecule has 9 nitrogen and oxygen atoms in total. The van der Waals surface area contributed by atoms with Crippen LogP contribution in [0.4, 0.5) is 5.13 Å². The van der Waals surface area contributed by atoms with E-state index < -0.39 is 21.4 Å². The molecule has 0 aliphatic carbocycles. The number of benzene rings is 1. The summed E-state index contributed by atoms with van der Waals surface area (Å²) in [6.45, 7) is 1.57. The van der Waals surface area contributed by atoms with Crippen molar-refractivity contribution in [3.05, 3.63) is 40.9 Å². The molecule has 1 amide bonds. The minimum Gasteiger partial charge on any atom is -0.472 e. The van der Waals surface area contributed by atoms with Crippen LogP contribution in [0.2, 0.25) is 0 Å². The average Bonchev–Trinajstić information content (AvgIpc) is 3.35. The van der Waals surface area contributed by atoms with E-state index in [1.807, 2.05) is 23.1 Å². The third-order valence-corrected chi connectivity index (χ3v) is 7.71. The van der Waals surface area contributed by atoms with E-state index in [0.717, 1.165) is 16.9 Å². The van der Waals surface area contributed by atoms with Gasteiger partial charge in [-0.2, -0.15) is 4.31 Å². The maximum atomic E-state index is 12.9. The number of hydrogen-bond donors (Lipinski definition) is 2. The van der Waals surface area contributed by atoms with E-state index in [1.165, 1.54) is 10.5 Å². The molecule has 3 heterocycles. The summed E-state index contributed by atoms with van der Waals surface area (Å²) in [5.74, 6) is 0.0140. The third-order valence-electron chi connectivity index (χ3n) is 4.64. The zero-order valence-corrected chi connectivity index (χ0v) is 15.9. The molecule has 2 aliphatic heterocycles. The van der Waals surface area contributed by atoms with Crippen molar-refractivity contribution in [2.75, 3.05) is 31.1 Å². The number of hydroxylamine groups is 1. The lowest BCUT2D eigenvalue weighted by Crippen LogP contribution is -2.52. The van der Waals surface area contributed by atoms with Gasteiger partial charge in [0.25, 0.3) is 15.9 Å². The highest BCUT2D eigenvalue weighted by atomic mass is 32.2. The predicted octanol–water partition coefficient (Wildman–Crippen LogP) is 0.675. The van der Waals surface area contributed by atoms with Crippen molar-refractivity contribution in [3.8, 4) is 5.75 Å². The highest BCUT2D eigenvalue weighted by Crippen LogP contribution is 2.32. The first-order chi connectivity index (χ1) is 13.0. The van der Waals surface area contributed by atoms with Crippen LogP contribution >= 0.6 is 11.3 Å². The van der Waals surface area contributed by atoms with Crippen LogP contribution in [-0.4, -0.2) is 60.4 Å². The summed E-state index contributed by atoms with van der Waals surface area (Å²) < 4.78 is 33.0. The standard InChI is InChI=1S/C16H18N4O5S2/c21-15(18-22)13-10-17-16(26-13)19-5-7-20(8-6-19)27(23,24)14-9-11-3-1-2-4-12(11)25-14/h1-4,10,14,22H,5-9H2,(H,18,21). The van der Waals surface area contributed by atoms with E-state index in [-0.39, 0.29) is 0 Å². The molecule has 0 radical (unpaired) electrons. The van der Waals surface area contributed by atoms with E-state index in [4.69, 9.17) is 9.94 Å². The van der Waals surface area contributed by atoms with Crippen LogP contribution in [-0.2, 0) is 16.4 Å². The molecule has 1 saturated heterocycles. The number of carbonyl (C=O) groups excluding carboxylic acids is 1. The van der Waals surface area contributed by atoms with Crippen LogP contribution < -0.4 is 15.1 Å². The molecular formula is C16H18N4O5S2. The van der Waals surface area contributed by atoms with Gasteiger partial charge >= 0.3 is 0 Å². The Labute approximate surface area is 160 Å². The molecule has 2 aromatic rings. The summed E-state index contributed by atoms with van der Waals surface area (Å²) in [6, 6.07) is 7.36. The van der Waals surface area contributed by atoms with Gasteiger partial charge in [-0.1, -0.05) is 29.5 Å². The molecule has 4 rings (SSSR count). The number of para-hydroxylation sites is 1. The number of nitrogens with one attached hydrogen (secondary N) is 1. The van der Waals surface area contributed by atoms with Crippen molar-refractivity contribution >= 4 is 32.4 Å². The highest BCUT2D eigenvalue weighted by Gasteiger charge is 2.39. The number of fused-ring (bicyclic) bond motifs is 1. The second-order valence-electron chi connectivity index (χ2n) is 6.24. The SMILES string of the molecule is O=C(NO)c1cnc(N2CCN(S(=O)(=O)C3Cc4ccccc4O3)CC2)s1. The molecule has 1 fully saturated rings. The second-order valence-corrected chi connectivity index (χ2v) is 9.32. The van der Waals surface area contributed by atoms with Crippen LogP contribution in [0.5, 0.6) is 5.75 Å². The summed E-state index contributed by atoms with van der Waals surface area (Å²) in [7, 11) is -3.58. The minimum absolute atomic E-state index is 0.291. The predicted molar refractivity (Wildman–Crippen MR) is 98.6 cm³/mol. The molecule has 27 heavy (non-hydrogen) atoms. The van der Waals surface area contributed by atoms with Crippen LogP contribution in [0.3, 0.4) is 0 Å². The number of piperazine rings is 1. The third kappa shape index (κ3) is 3.38. The first-order valence-corrected chi connectivity index (χ1v) is 10.7. The fraction of sp³-hybridized carbons (Fsp3) is 0.375. The zero-order valence-electron chi connectivity index (χ0n) is 14.2. The lowest BCUT2D eigenvalue weighted by molar-refractivity contribution is 0.0710. The number of thiazole rings is 1. The van der Waals surface area contributed by atoms with Gasteiger partial charge in [0.15, 0.2) is 5.13 Å². The fourth-order valence-electron chi connectivity index (χ4n) is 3.19. The van der Waals surface area contributed by atoms with Crippen LogP contribution in [0.1, 0.15) is 15.2 Å².